The third-order valence-corrected chi connectivity index (χ3v) is 20.0. The predicted octanol–water partition coefficient (Wildman–Crippen LogP) is 22.8. The number of para-hydroxylation sites is 8. The molecule has 450 valence electrons. The van der Waals surface area contributed by atoms with Crippen LogP contribution in [0.3, 0.4) is 0 Å². The van der Waals surface area contributed by atoms with Crippen molar-refractivity contribution >= 4 is 131 Å². The Morgan fingerprint density at radius 3 is 0.771 bits per heavy atom. The molecule has 7 nitrogen and oxygen atoms in total. The Hall–Kier alpha value is -12.8. The monoisotopic (exact) mass is 1240 g/mol. The third-order valence-electron chi connectivity index (χ3n) is 20.0. The van der Waals surface area contributed by atoms with E-state index in [-0.39, 0.29) is 11.1 Å². The van der Waals surface area contributed by atoms with Gasteiger partial charge in [0.1, 0.15) is 0 Å². The smallest absolute Gasteiger partial charge is 0.309 e. The van der Waals surface area contributed by atoms with Crippen molar-refractivity contribution in [2.75, 3.05) is 0 Å². The zero-order valence-corrected chi connectivity index (χ0v) is 51.1. The number of nitrogens with zero attached hydrogens (tertiary/aromatic N) is 7. The Labute approximate surface area is 545 Å². The number of halogens is 3. The molecule has 20 rings (SSSR count). The summed E-state index contributed by atoms with van der Waals surface area (Å²) < 4.78 is 59.2. The summed E-state index contributed by atoms with van der Waals surface area (Å²) >= 11 is 0. The molecule has 0 saturated heterocycles. The number of rotatable bonds is 7. The topological polar surface area (TPSA) is 53.4 Å². The molecule has 0 spiro atoms. The van der Waals surface area contributed by atoms with Gasteiger partial charge in [0.25, 0.3) is 0 Å². The Morgan fingerprint density at radius 1 is 0.240 bits per heavy atom. The van der Waals surface area contributed by atoms with Gasteiger partial charge in [-0.2, -0.15) is 18.4 Å². The van der Waals surface area contributed by atoms with Gasteiger partial charge in [-0.1, -0.05) is 182 Å². The maximum absolute atomic E-state index is 15.1. The van der Waals surface area contributed by atoms with Gasteiger partial charge < -0.3 is 27.4 Å². The predicted molar refractivity (Wildman–Crippen MR) is 388 cm³/mol. The molecule has 6 aromatic heterocycles. The number of fused-ring (bicyclic) bond motifs is 18. The average Bonchev–Trinajstić information content (AvgIpc) is 1.55. The van der Waals surface area contributed by atoms with Gasteiger partial charge in [0.05, 0.1) is 94.8 Å². The van der Waals surface area contributed by atoms with Gasteiger partial charge in [0.2, 0.25) is 0 Å². The van der Waals surface area contributed by atoms with E-state index in [9.17, 15) is 5.26 Å². The first-order chi connectivity index (χ1) is 47.2. The van der Waals surface area contributed by atoms with Crippen molar-refractivity contribution in [2.24, 2.45) is 0 Å². The van der Waals surface area contributed by atoms with E-state index < -0.39 is 11.7 Å². The average molecular weight is 1240 g/mol. The first-order valence-corrected chi connectivity index (χ1v) is 32.1. The van der Waals surface area contributed by atoms with Crippen LogP contribution in [0.25, 0.3) is 176 Å². The van der Waals surface area contributed by atoms with Gasteiger partial charge in [0, 0.05) is 92.9 Å². The maximum atomic E-state index is 15.1. The lowest BCUT2D eigenvalue weighted by Gasteiger charge is -2.21. The largest absolute Gasteiger partial charge is 0.416 e. The number of benzene rings is 14. The summed E-state index contributed by atoms with van der Waals surface area (Å²) in [5.74, 6) is 0. The number of aromatic nitrogens is 6. The molecule has 20 aromatic rings. The van der Waals surface area contributed by atoms with Crippen molar-refractivity contribution in [3.63, 3.8) is 0 Å². The second-order valence-corrected chi connectivity index (χ2v) is 25.0. The van der Waals surface area contributed by atoms with Crippen LogP contribution in [0.1, 0.15) is 11.1 Å². The lowest BCUT2D eigenvalue weighted by Crippen LogP contribution is -2.07. The number of alkyl halides is 3. The van der Waals surface area contributed by atoms with Gasteiger partial charge in [-0.15, -0.1) is 0 Å². The lowest BCUT2D eigenvalue weighted by atomic mass is 9.96. The molecule has 14 aromatic carbocycles. The first-order valence-electron chi connectivity index (χ1n) is 32.1. The van der Waals surface area contributed by atoms with Crippen molar-refractivity contribution in [2.45, 2.75) is 6.18 Å². The maximum Gasteiger partial charge on any atom is 0.416 e. The summed E-state index contributed by atoms with van der Waals surface area (Å²) in [6.07, 6.45) is -4.66. The molecule has 0 aliphatic rings. The van der Waals surface area contributed by atoms with Crippen LogP contribution in [0.5, 0.6) is 0 Å². The Bertz CT molecular complexity index is 6240. The molecule has 10 heteroatoms. The minimum Gasteiger partial charge on any atom is -0.309 e. The van der Waals surface area contributed by atoms with E-state index in [0.29, 0.717) is 16.9 Å². The van der Waals surface area contributed by atoms with Gasteiger partial charge in [0.15, 0.2) is 0 Å². The quantitative estimate of drug-likeness (QED) is 0.157. The molecule has 0 radical (unpaired) electrons. The van der Waals surface area contributed by atoms with E-state index in [2.05, 4.69) is 300 Å². The zero-order chi connectivity index (χ0) is 63.7. The number of nitriles is 1. The lowest BCUT2D eigenvalue weighted by molar-refractivity contribution is -0.137. The Kier molecular flexibility index (Phi) is 11.3. The van der Waals surface area contributed by atoms with Crippen LogP contribution in [0.2, 0.25) is 0 Å². The highest BCUT2D eigenvalue weighted by Crippen LogP contribution is 2.46. The van der Waals surface area contributed by atoms with Crippen LogP contribution in [0.15, 0.2) is 303 Å². The van der Waals surface area contributed by atoms with E-state index in [1.54, 1.807) is 6.07 Å². The molecule has 0 fully saturated rings. The standard InChI is InChI=1S/C86H50F3N7/c87-86(88,89)54-19-17-18-52(44-54)71-50-85(96-82-48-57(93-76-32-13-5-24-63(76)64-25-6-14-33-77(64)93)38-42-69(82)70-43-39-58(49-83(70)96)94-78-34-15-7-26-65(78)66-27-8-16-35-79(66)94)84(45-53(71)51-90)95-80-46-55(91-72-28-9-1-20-59(72)60-21-2-10-29-73(60)91)36-40-67(80)68-41-37-56(47-81(68)95)92-74-30-11-3-22-61(74)62-23-4-12-31-75(62)92/h1-50H. The molecule has 0 amide bonds. The molecule has 0 aliphatic carbocycles. The van der Waals surface area contributed by atoms with Gasteiger partial charge >= 0.3 is 6.18 Å². The van der Waals surface area contributed by atoms with Crippen LogP contribution >= 0.6 is 0 Å². The highest BCUT2D eigenvalue weighted by molar-refractivity contribution is 6.17. The molecule has 0 saturated carbocycles. The van der Waals surface area contributed by atoms with E-state index in [1.165, 1.54) is 12.1 Å². The van der Waals surface area contributed by atoms with E-state index in [1.807, 2.05) is 12.1 Å². The fraction of sp³-hybridized carbons (Fsp3) is 0.0116. The number of hydrogen-bond donors (Lipinski definition) is 0. The van der Waals surface area contributed by atoms with E-state index in [4.69, 9.17) is 0 Å². The summed E-state index contributed by atoms with van der Waals surface area (Å²) in [4.78, 5) is 0. The molecule has 0 atom stereocenters. The number of hydrogen-bond acceptors (Lipinski definition) is 1. The summed E-state index contributed by atoms with van der Waals surface area (Å²) in [6, 6.07) is 106. The van der Waals surface area contributed by atoms with Crippen molar-refractivity contribution in [1.29, 1.82) is 5.26 Å². The van der Waals surface area contributed by atoms with Crippen molar-refractivity contribution in [1.82, 2.24) is 27.4 Å². The van der Waals surface area contributed by atoms with Crippen LogP contribution in [-0.2, 0) is 6.18 Å². The van der Waals surface area contributed by atoms with Crippen molar-refractivity contribution in [3.8, 4) is 51.3 Å². The van der Waals surface area contributed by atoms with Gasteiger partial charge in [-0.25, -0.2) is 0 Å². The summed E-state index contributed by atoms with van der Waals surface area (Å²) in [5.41, 5.74) is 16.8. The van der Waals surface area contributed by atoms with Crippen molar-refractivity contribution < 1.29 is 13.2 Å². The molecule has 96 heavy (non-hydrogen) atoms. The molecule has 0 bridgehead atoms. The summed E-state index contributed by atoms with van der Waals surface area (Å²) in [7, 11) is 0. The zero-order valence-electron chi connectivity index (χ0n) is 51.1. The molecular formula is C86H50F3N7. The molecule has 0 unspecified atom stereocenters. The second-order valence-electron chi connectivity index (χ2n) is 25.0. The SMILES string of the molecule is N#Cc1cc(-n2c3cc(-n4c5ccccc5c5ccccc54)ccc3c3ccc(-n4c5ccccc5c5ccccc54)cc32)c(-n2c3cc(-n4c5ccccc5c5ccccc54)ccc3c3ccc(-n4c5ccccc5c5ccccc54)cc32)cc1-c1cccc(C(F)(F)F)c1. The highest BCUT2D eigenvalue weighted by Gasteiger charge is 2.32. The summed E-state index contributed by atoms with van der Waals surface area (Å²) in [6.45, 7) is 0. The molecular weight excluding hydrogens is 1190 g/mol. The van der Waals surface area contributed by atoms with E-state index >= 15 is 13.2 Å². The minimum atomic E-state index is -4.66. The second kappa shape index (κ2) is 20.1. The Balaban J connectivity index is 0.966. The fourth-order valence-corrected chi connectivity index (χ4v) is 16.0. The molecule has 0 aliphatic heterocycles. The molecule has 0 N–H and O–H groups in total. The van der Waals surface area contributed by atoms with Gasteiger partial charge in [-0.05, 0) is 127 Å². The van der Waals surface area contributed by atoms with Gasteiger partial charge in [-0.3, -0.25) is 0 Å². The normalized spacial score (nSPS) is 12.3. The third kappa shape index (κ3) is 7.65. The van der Waals surface area contributed by atoms with Crippen LogP contribution in [0.4, 0.5) is 13.2 Å². The van der Waals surface area contributed by atoms with Crippen LogP contribution < -0.4 is 0 Å². The van der Waals surface area contributed by atoms with Crippen LogP contribution in [0, 0.1) is 11.3 Å². The van der Waals surface area contributed by atoms with E-state index in [0.717, 1.165) is 160 Å². The van der Waals surface area contributed by atoms with Crippen molar-refractivity contribution in [3.05, 3.63) is 314 Å². The fourth-order valence-electron chi connectivity index (χ4n) is 16.0. The Morgan fingerprint density at radius 2 is 0.500 bits per heavy atom. The highest BCUT2D eigenvalue weighted by atomic mass is 19.4. The van der Waals surface area contributed by atoms with Crippen LogP contribution in [-0.4, -0.2) is 27.4 Å². The minimum absolute atomic E-state index is 0.206. The summed E-state index contributed by atoms with van der Waals surface area (Å²) in [5, 5.41) is 24.7. The first kappa shape index (κ1) is 53.8. The molecule has 6 heterocycles.